The highest BCUT2D eigenvalue weighted by Crippen LogP contribution is 2.03. The quantitative estimate of drug-likeness (QED) is 0.256. The van der Waals surface area contributed by atoms with Crippen molar-refractivity contribution in [2.24, 2.45) is 0 Å². The van der Waals surface area contributed by atoms with Crippen LogP contribution in [0.3, 0.4) is 0 Å². The number of carboxylic acid groups (broad SMARTS) is 3. The normalized spacial score (nSPS) is 9.39. The molecule has 0 fully saturated rings. The summed E-state index contributed by atoms with van der Waals surface area (Å²) in [7, 11) is 0. The second-order valence-electron chi connectivity index (χ2n) is 7.05. The minimum atomic E-state index is -0.935. The van der Waals surface area contributed by atoms with Crippen molar-refractivity contribution in [1.82, 2.24) is 0 Å². The molecule has 0 aliphatic heterocycles. The number of unbranched alkanes of at least 4 members (excludes halogenated alkanes) is 3. The van der Waals surface area contributed by atoms with E-state index < -0.39 is 17.9 Å². The van der Waals surface area contributed by atoms with Gasteiger partial charge in [0.05, 0.1) is 0 Å². The van der Waals surface area contributed by atoms with Gasteiger partial charge in [0.15, 0.2) is 0 Å². The molecule has 3 N–H and O–H groups in total. The predicted molar refractivity (Wildman–Crippen MR) is 136 cm³/mol. The van der Waals surface area contributed by atoms with Crippen molar-refractivity contribution in [3.63, 3.8) is 0 Å². The van der Waals surface area contributed by atoms with Gasteiger partial charge in [-0.05, 0) is 38.7 Å². The number of hydrogen-bond acceptors (Lipinski definition) is 3. The maximum absolute atomic E-state index is 10.2. The summed E-state index contributed by atoms with van der Waals surface area (Å²) >= 11 is 0. The first-order valence-electron chi connectivity index (χ1n) is 10.8. The molecule has 0 amide bonds. The predicted octanol–water partition coefficient (Wildman–Crippen LogP) is 7.00. The molecule has 1 aromatic carbocycles. The summed E-state index contributed by atoms with van der Waals surface area (Å²) in [4.78, 5) is 29.9. The molecule has 0 atom stereocenters. The number of benzene rings is 1. The Balaban J connectivity index is -0.000000369. The van der Waals surface area contributed by atoms with Crippen molar-refractivity contribution >= 4 is 24.0 Å². The SMILES string of the molecule is C=C(C)C(=O)O.C=C(CCCC)C(=O)O.C=Cc1ccccc1.CCCC/C=C(\C)C(=O)O. The molecule has 0 saturated heterocycles. The van der Waals surface area contributed by atoms with E-state index in [2.05, 4.69) is 26.7 Å². The van der Waals surface area contributed by atoms with Gasteiger partial charge in [-0.3, -0.25) is 0 Å². The van der Waals surface area contributed by atoms with E-state index in [1.165, 1.54) is 12.5 Å². The number of allylic oxidation sites excluding steroid dienone is 1. The molecule has 0 heterocycles. The molecule has 1 rings (SSSR count). The van der Waals surface area contributed by atoms with Crippen molar-refractivity contribution in [1.29, 1.82) is 0 Å². The Hall–Kier alpha value is -3.41. The van der Waals surface area contributed by atoms with Gasteiger partial charge in [0.25, 0.3) is 0 Å². The van der Waals surface area contributed by atoms with Gasteiger partial charge in [0, 0.05) is 16.7 Å². The van der Waals surface area contributed by atoms with Crippen LogP contribution in [0.15, 0.2) is 72.9 Å². The first-order valence-corrected chi connectivity index (χ1v) is 10.8. The first kappa shape index (κ1) is 34.2. The minimum Gasteiger partial charge on any atom is -0.478 e. The zero-order valence-corrected chi connectivity index (χ0v) is 20.5. The third-order valence-corrected chi connectivity index (χ3v) is 3.88. The van der Waals surface area contributed by atoms with E-state index in [1.807, 2.05) is 43.3 Å². The van der Waals surface area contributed by atoms with Crippen LogP contribution < -0.4 is 0 Å². The molecule has 0 bridgehead atoms. The molecule has 6 heteroatoms. The smallest absolute Gasteiger partial charge is 0.330 e. The highest BCUT2D eigenvalue weighted by atomic mass is 16.4. The largest absolute Gasteiger partial charge is 0.478 e. The lowest BCUT2D eigenvalue weighted by atomic mass is 10.1. The number of carbonyl (C=O) groups is 3. The van der Waals surface area contributed by atoms with Gasteiger partial charge in [-0.25, -0.2) is 14.4 Å². The molecule has 0 unspecified atom stereocenters. The molecule has 184 valence electrons. The third-order valence-electron chi connectivity index (χ3n) is 3.88. The lowest BCUT2D eigenvalue weighted by Gasteiger charge is -1.95. The second kappa shape index (κ2) is 23.3. The molecular formula is C27H40O6. The fourth-order valence-corrected chi connectivity index (χ4v) is 1.70. The fourth-order valence-electron chi connectivity index (χ4n) is 1.70. The zero-order valence-electron chi connectivity index (χ0n) is 20.5. The van der Waals surface area contributed by atoms with Crippen LogP contribution in [0.4, 0.5) is 0 Å². The van der Waals surface area contributed by atoms with E-state index in [1.54, 1.807) is 13.0 Å². The summed E-state index contributed by atoms with van der Waals surface area (Å²) in [5.74, 6) is -2.62. The summed E-state index contributed by atoms with van der Waals surface area (Å²) in [6.07, 6.45) is 9.23. The lowest BCUT2D eigenvalue weighted by Crippen LogP contribution is -1.97. The van der Waals surface area contributed by atoms with Gasteiger partial charge < -0.3 is 15.3 Å². The topological polar surface area (TPSA) is 112 Å². The molecule has 0 aliphatic carbocycles. The zero-order chi connectivity index (χ0) is 26.2. The van der Waals surface area contributed by atoms with E-state index >= 15 is 0 Å². The number of hydrogen-bond donors (Lipinski definition) is 3. The van der Waals surface area contributed by atoms with Crippen molar-refractivity contribution in [2.45, 2.75) is 66.2 Å². The number of carboxylic acids is 3. The average Bonchev–Trinajstić information content (AvgIpc) is 2.79. The summed E-state index contributed by atoms with van der Waals surface area (Å²) in [6, 6.07) is 10.0. The van der Waals surface area contributed by atoms with E-state index in [4.69, 9.17) is 15.3 Å². The van der Waals surface area contributed by atoms with E-state index in [-0.39, 0.29) is 5.57 Å². The van der Waals surface area contributed by atoms with Crippen LogP contribution >= 0.6 is 0 Å². The maximum atomic E-state index is 10.2. The van der Waals surface area contributed by atoms with Crippen LogP contribution in [-0.2, 0) is 14.4 Å². The van der Waals surface area contributed by atoms with Crippen LogP contribution in [-0.4, -0.2) is 33.2 Å². The molecule has 33 heavy (non-hydrogen) atoms. The van der Waals surface area contributed by atoms with E-state index in [0.29, 0.717) is 17.6 Å². The molecular weight excluding hydrogens is 420 g/mol. The summed E-state index contributed by atoms with van der Waals surface area (Å²) in [6.45, 7) is 17.4. The third kappa shape index (κ3) is 26.6. The van der Waals surface area contributed by atoms with Crippen LogP contribution in [0.5, 0.6) is 0 Å². The van der Waals surface area contributed by atoms with Gasteiger partial charge in [-0.15, -0.1) is 0 Å². The highest BCUT2D eigenvalue weighted by Gasteiger charge is 2.00. The Kier molecular flexibility index (Phi) is 24.1. The molecule has 1 aromatic rings. The van der Waals surface area contributed by atoms with Crippen LogP contribution in [0.25, 0.3) is 6.08 Å². The maximum Gasteiger partial charge on any atom is 0.330 e. The Labute approximate surface area is 198 Å². The van der Waals surface area contributed by atoms with Gasteiger partial charge in [-0.1, -0.05) is 95.3 Å². The number of rotatable bonds is 10. The average molecular weight is 461 g/mol. The van der Waals surface area contributed by atoms with Gasteiger partial charge in [-0.2, -0.15) is 0 Å². The molecule has 0 radical (unpaired) electrons. The fraction of sp³-hybridized carbons (Fsp3) is 0.370. The summed E-state index contributed by atoms with van der Waals surface area (Å²) < 4.78 is 0. The Morgan fingerprint density at radius 1 is 0.848 bits per heavy atom. The highest BCUT2D eigenvalue weighted by molar-refractivity contribution is 5.86. The van der Waals surface area contributed by atoms with Crippen LogP contribution in [0.1, 0.15) is 71.8 Å². The van der Waals surface area contributed by atoms with Gasteiger partial charge in [0.1, 0.15) is 0 Å². The van der Waals surface area contributed by atoms with Crippen molar-refractivity contribution in [3.8, 4) is 0 Å². The Bertz CT molecular complexity index is 748. The van der Waals surface area contributed by atoms with Crippen LogP contribution in [0, 0.1) is 0 Å². The molecule has 0 saturated carbocycles. The monoisotopic (exact) mass is 460 g/mol. The van der Waals surface area contributed by atoms with Crippen molar-refractivity contribution in [2.75, 3.05) is 0 Å². The minimum absolute atomic E-state index is 0.176. The summed E-state index contributed by atoms with van der Waals surface area (Å²) in [5, 5.41) is 24.6. The van der Waals surface area contributed by atoms with Crippen molar-refractivity contribution < 1.29 is 29.7 Å². The first-order chi connectivity index (χ1) is 15.4. The van der Waals surface area contributed by atoms with Gasteiger partial charge in [0.2, 0.25) is 0 Å². The van der Waals surface area contributed by atoms with Crippen LogP contribution in [0.2, 0.25) is 0 Å². The Morgan fingerprint density at radius 2 is 1.33 bits per heavy atom. The summed E-state index contributed by atoms with van der Waals surface area (Å²) in [5.41, 5.74) is 2.12. The standard InChI is InChI=1S/C8H14O2.C8H8.C7H12O2.C4H6O2/c1-3-4-5-6-7(2)8(9)10;1-2-8-6-4-3-5-7-8;1-3-4-5-6(2)7(8)9;1-3(2)4(5)6/h6H,3-5H2,1-2H3,(H,9,10);2-7H,1H2;2-5H2,1H3,(H,8,9);1H2,2H3,(H,5,6)/b7-6+;;;. The van der Waals surface area contributed by atoms with E-state index in [9.17, 15) is 14.4 Å². The Morgan fingerprint density at radius 3 is 1.64 bits per heavy atom. The number of aliphatic carboxylic acids is 3. The van der Waals surface area contributed by atoms with E-state index in [0.717, 1.165) is 32.1 Å². The molecule has 0 aromatic heterocycles. The van der Waals surface area contributed by atoms with Gasteiger partial charge >= 0.3 is 17.9 Å². The molecule has 6 nitrogen and oxygen atoms in total. The van der Waals surface area contributed by atoms with Crippen molar-refractivity contribution in [3.05, 3.63) is 78.4 Å². The lowest BCUT2D eigenvalue weighted by molar-refractivity contribution is -0.133. The molecule has 0 spiro atoms. The second-order valence-corrected chi connectivity index (χ2v) is 7.05. The molecule has 0 aliphatic rings.